The van der Waals surface area contributed by atoms with E-state index in [0.717, 1.165) is 41.4 Å². The third kappa shape index (κ3) is 2.42. The van der Waals surface area contributed by atoms with Gasteiger partial charge in [0, 0.05) is 11.1 Å². The number of pyridine rings is 1. The second-order valence-corrected chi connectivity index (χ2v) is 5.44. The van der Waals surface area contributed by atoms with E-state index in [9.17, 15) is 9.59 Å². The van der Waals surface area contributed by atoms with Crippen LogP contribution in [0.4, 0.5) is 0 Å². The van der Waals surface area contributed by atoms with Gasteiger partial charge in [-0.3, -0.25) is 9.78 Å². The first kappa shape index (κ1) is 13.7. The van der Waals surface area contributed by atoms with E-state index in [-0.39, 0.29) is 5.78 Å². The smallest absolute Gasteiger partial charge is 0.339 e. The molecule has 0 aliphatic heterocycles. The number of rotatable bonds is 3. The van der Waals surface area contributed by atoms with Gasteiger partial charge in [0.25, 0.3) is 0 Å². The van der Waals surface area contributed by atoms with E-state index in [1.807, 2.05) is 24.3 Å². The lowest BCUT2D eigenvalue weighted by Crippen LogP contribution is -2.23. The fourth-order valence-corrected chi connectivity index (χ4v) is 2.75. The molecule has 108 valence electrons. The van der Waals surface area contributed by atoms with E-state index in [0.29, 0.717) is 5.56 Å². The van der Waals surface area contributed by atoms with E-state index in [1.54, 1.807) is 6.92 Å². The van der Waals surface area contributed by atoms with Crippen LogP contribution in [-0.4, -0.2) is 22.8 Å². The molecule has 1 aliphatic rings. The Morgan fingerprint density at radius 1 is 1.24 bits per heavy atom. The Morgan fingerprint density at radius 3 is 2.76 bits per heavy atom. The largest absolute Gasteiger partial charge is 0.451 e. The molecule has 1 aromatic carbocycles. The summed E-state index contributed by atoms with van der Waals surface area (Å²) in [4.78, 5) is 28.5. The Labute approximate surface area is 123 Å². The molecule has 0 saturated heterocycles. The molecule has 0 spiro atoms. The molecule has 1 heterocycles. The highest BCUT2D eigenvalue weighted by molar-refractivity contribution is 6.05. The van der Waals surface area contributed by atoms with Gasteiger partial charge in [0.2, 0.25) is 0 Å². The zero-order valence-electron chi connectivity index (χ0n) is 12.2. The Balaban J connectivity index is 2.12. The van der Waals surface area contributed by atoms with Crippen molar-refractivity contribution in [3.05, 3.63) is 41.1 Å². The normalized spacial score (nSPS) is 14.8. The topological polar surface area (TPSA) is 56.3 Å². The number of esters is 1. The van der Waals surface area contributed by atoms with Gasteiger partial charge in [0.05, 0.1) is 11.1 Å². The van der Waals surface area contributed by atoms with Gasteiger partial charge in [-0.25, -0.2) is 4.79 Å². The first-order valence-corrected chi connectivity index (χ1v) is 7.20. The molecule has 21 heavy (non-hydrogen) atoms. The van der Waals surface area contributed by atoms with Gasteiger partial charge in [-0.1, -0.05) is 18.2 Å². The summed E-state index contributed by atoms with van der Waals surface area (Å²) in [6.45, 7) is 3.02. The van der Waals surface area contributed by atoms with E-state index >= 15 is 0 Å². The molecule has 3 rings (SSSR count). The minimum absolute atomic E-state index is 0.154. The summed E-state index contributed by atoms with van der Waals surface area (Å²) in [6.07, 6.45) is 2.01. The molecule has 1 aliphatic carbocycles. The summed E-state index contributed by atoms with van der Waals surface area (Å²) in [6, 6.07) is 7.58. The van der Waals surface area contributed by atoms with Crippen LogP contribution in [0.1, 0.15) is 41.9 Å². The van der Waals surface area contributed by atoms with Crippen molar-refractivity contribution in [1.29, 1.82) is 0 Å². The molecule has 0 N–H and O–H groups in total. The van der Waals surface area contributed by atoms with Crippen molar-refractivity contribution in [2.24, 2.45) is 0 Å². The molecule has 0 bridgehead atoms. The van der Waals surface area contributed by atoms with Crippen molar-refractivity contribution in [2.75, 3.05) is 0 Å². The summed E-state index contributed by atoms with van der Waals surface area (Å²) in [7, 11) is 0. The molecular weight excluding hydrogens is 266 g/mol. The first-order chi connectivity index (χ1) is 10.1. The number of hydrogen-bond acceptors (Lipinski definition) is 4. The first-order valence-electron chi connectivity index (χ1n) is 7.20. The number of Topliss-reactive ketones (excluding diaryl/α,β-unsaturated/α-hetero) is 1. The van der Waals surface area contributed by atoms with Crippen molar-refractivity contribution in [1.82, 2.24) is 4.98 Å². The molecular formula is C17H17NO3. The lowest BCUT2D eigenvalue weighted by Gasteiger charge is -2.14. The van der Waals surface area contributed by atoms with Gasteiger partial charge in [-0.15, -0.1) is 0 Å². The molecule has 2 aromatic rings. The quantitative estimate of drug-likeness (QED) is 0.813. The van der Waals surface area contributed by atoms with Crippen LogP contribution in [0.2, 0.25) is 0 Å². The van der Waals surface area contributed by atoms with Crippen molar-refractivity contribution in [2.45, 2.75) is 39.2 Å². The lowest BCUT2D eigenvalue weighted by atomic mass is 10.0. The molecule has 4 heteroatoms. The Bertz CT molecular complexity index is 736. The predicted molar refractivity (Wildman–Crippen MR) is 79.3 cm³/mol. The maximum Gasteiger partial charge on any atom is 0.339 e. The molecule has 1 atom stereocenters. The second kappa shape index (κ2) is 5.28. The predicted octanol–water partition coefficient (Wildman–Crippen LogP) is 2.86. The van der Waals surface area contributed by atoms with Crippen LogP contribution in [0.15, 0.2) is 24.3 Å². The standard InChI is InChI=1S/C17H17NO3/c1-10(19)11(2)21-17(20)16-12-6-3-4-8-14(12)18-15-9-5-7-13(15)16/h3-4,6,8,11H,5,7,9H2,1-2H3/t11-/m0/s1. The second-order valence-electron chi connectivity index (χ2n) is 5.44. The van der Waals surface area contributed by atoms with Crippen molar-refractivity contribution >= 4 is 22.7 Å². The van der Waals surface area contributed by atoms with Crippen LogP contribution in [-0.2, 0) is 22.4 Å². The molecule has 1 aromatic heterocycles. The number of nitrogens with zero attached hydrogens (tertiary/aromatic N) is 1. The van der Waals surface area contributed by atoms with Crippen LogP contribution in [0.5, 0.6) is 0 Å². The number of aromatic nitrogens is 1. The number of ketones is 1. The summed E-state index contributed by atoms with van der Waals surface area (Å²) in [5.41, 5.74) is 3.35. The highest BCUT2D eigenvalue weighted by atomic mass is 16.5. The van der Waals surface area contributed by atoms with Gasteiger partial charge in [-0.05, 0) is 44.7 Å². The average molecular weight is 283 g/mol. The Morgan fingerprint density at radius 2 is 2.00 bits per heavy atom. The van der Waals surface area contributed by atoms with Crippen LogP contribution in [0, 0.1) is 0 Å². The van der Waals surface area contributed by atoms with Crippen molar-refractivity contribution < 1.29 is 14.3 Å². The van der Waals surface area contributed by atoms with Crippen molar-refractivity contribution in [3.8, 4) is 0 Å². The number of fused-ring (bicyclic) bond motifs is 2. The molecule has 0 amide bonds. The zero-order chi connectivity index (χ0) is 15.0. The van der Waals surface area contributed by atoms with E-state index in [2.05, 4.69) is 4.98 Å². The SMILES string of the molecule is CC(=O)[C@H](C)OC(=O)c1c2c(nc3ccccc13)CCC2. The Kier molecular flexibility index (Phi) is 3.45. The number of carbonyl (C=O) groups excluding carboxylic acids is 2. The van der Waals surface area contributed by atoms with E-state index in [1.165, 1.54) is 6.92 Å². The van der Waals surface area contributed by atoms with Gasteiger partial charge >= 0.3 is 5.97 Å². The number of benzene rings is 1. The lowest BCUT2D eigenvalue weighted by molar-refractivity contribution is -0.124. The number of hydrogen-bond donors (Lipinski definition) is 0. The molecule has 0 unspecified atom stereocenters. The maximum atomic E-state index is 12.5. The summed E-state index contributed by atoms with van der Waals surface area (Å²) < 4.78 is 5.31. The van der Waals surface area contributed by atoms with E-state index < -0.39 is 12.1 Å². The van der Waals surface area contributed by atoms with E-state index in [4.69, 9.17) is 4.74 Å². The van der Waals surface area contributed by atoms with Gasteiger partial charge in [0.15, 0.2) is 11.9 Å². The van der Waals surface area contributed by atoms with Crippen molar-refractivity contribution in [3.63, 3.8) is 0 Å². The Hall–Kier alpha value is -2.23. The minimum atomic E-state index is -0.721. The van der Waals surface area contributed by atoms with Gasteiger partial charge in [-0.2, -0.15) is 0 Å². The highest BCUT2D eigenvalue weighted by Gasteiger charge is 2.26. The molecule has 0 fully saturated rings. The molecule has 0 saturated carbocycles. The number of para-hydroxylation sites is 1. The zero-order valence-corrected chi connectivity index (χ0v) is 12.2. The minimum Gasteiger partial charge on any atom is -0.451 e. The van der Waals surface area contributed by atoms with Crippen LogP contribution < -0.4 is 0 Å². The van der Waals surface area contributed by atoms with Crippen LogP contribution in [0.25, 0.3) is 10.9 Å². The third-order valence-corrected chi connectivity index (χ3v) is 3.98. The fourth-order valence-electron chi connectivity index (χ4n) is 2.75. The average Bonchev–Trinajstić information content (AvgIpc) is 2.91. The molecule has 4 nitrogen and oxygen atoms in total. The van der Waals surface area contributed by atoms with Gasteiger partial charge in [0.1, 0.15) is 0 Å². The summed E-state index contributed by atoms with van der Waals surface area (Å²) in [5.74, 6) is -0.576. The van der Waals surface area contributed by atoms with Crippen LogP contribution >= 0.6 is 0 Å². The monoisotopic (exact) mass is 283 g/mol. The fraction of sp³-hybridized carbons (Fsp3) is 0.353. The number of ether oxygens (including phenoxy) is 1. The number of aryl methyl sites for hydroxylation is 1. The third-order valence-electron chi connectivity index (χ3n) is 3.98. The summed E-state index contributed by atoms with van der Waals surface area (Å²) >= 11 is 0. The summed E-state index contributed by atoms with van der Waals surface area (Å²) in [5, 5.41) is 0.805. The van der Waals surface area contributed by atoms with Gasteiger partial charge < -0.3 is 4.74 Å². The number of carbonyl (C=O) groups is 2. The highest BCUT2D eigenvalue weighted by Crippen LogP contribution is 2.30. The maximum absolute atomic E-state index is 12.5. The van der Waals surface area contributed by atoms with Crippen LogP contribution in [0.3, 0.4) is 0 Å². The molecule has 0 radical (unpaired) electrons.